The second-order valence-corrected chi connectivity index (χ2v) is 10.9. The molecule has 2 aromatic heterocycles. The Balaban J connectivity index is 1.57. The molecule has 0 bridgehead atoms. The van der Waals surface area contributed by atoms with Gasteiger partial charge in [-0.25, -0.2) is 9.71 Å². The molecule has 1 aliphatic rings. The first-order valence-corrected chi connectivity index (χ1v) is 13.0. The third-order valence-corrected chi connectivity index (χ3v) is 7.87. The van der Waals surface area contributed by atoms with E-state index in [1.807, 2.05) is 4.90 Å². The molecule has 1 N–H and O–H groups in total. The Morgan fingerprint density at radius 1 is 1.11 bits per heavy atom. The number of carbonyl (C=O) groups is 2. The van der Waals surface area contributed by atoms with E-state index in [9.17, 15) is 18.0 Å². The molecule has 1 unspecified atom stereocenters. The average Bonchev–Trinajstić information content (AvgIpc) is 3.11. The van der Waals surface area contributed by atoms with Crippen molar-refractivity contribution in [1.82, 2.24) is 14.7 Å². The summed E-state index contributed by atoms with van der Waals surface area (Å²) in [5.74, 6) is 0.221. The lowest BCUT2D eigenvalue weighted by Crippen LogP contribution is -2.43. The van der Waals surface area contributed by atoms with Crippen molar-refractivity contribution in [2.24, 2.45) is 5.92 Å². The predicted octanol–water partition coefficient (Wildman–Crippen LogP) is 4.22. The molecule has 4 rings (SSSR count). The Morgan fingerprint density at radius 3 is 2.56 bits per heavy atom. The molecular weight excluding hydrogens is 480 g/mol. The number of aromatic nitrogens is 2. The summed E-state index contributed by atoms with van der Waals surface area (Å²) >= 11 is 0. The number of ketones is 1. The highest BCUT2D eigenvalue weighted by molar-refractivity contribution is 7.90. The summed E-state index contributed by atoms with van der Waals surface area (Å²) in [5.41, 5.74) is 0.373. The van der Waals surface area contributed by atoms with Gasteiger partial charge in [0.25, 0.3) is 15.9 Å². The summed E-state index contributed by atoms with van der Waals surface area (Å²) in [6.45, 7) is 8.46. The number of pyridine rings is 2. The third kappa shape index (κ3) is 5.08. The molecule has 9 nitrogen and oxygen atoms in total. The summed E-state index contributed by atoms with van der Waals surface area (Å²) < 4.78 is 33.9. The fraction of sp³-hybridized carbons (Fsp3) is 0.308. The highest BCUT2D eigenvalue weighted by atomic mass is 32.2. The number of amides is 1. The molecule has 10 heteroatoms. The first kappa shape index (κ1) is 25.3. The average molecular weight is 509 g/mol. The van der Waals surface area contributed by atoms with Crippen LogP contribution in [0.3, 0.4) is 0 Å². The van der Waals surface area contributed by atoms with Crippen LogP contribution >= 0.6 is 0 Å². The van der Waals surface area contributed by atoms with Crippen molar-refractivity contribution in [2.45, 2.75) is 44.7 Å². The van der Waals surface area contributed by atoms with Gasteiger partial charge in [-0.2, -0.15) is 13.4 Å². The Morgan fingerprint density at radius 2 is 1.86 bits per heavy atom. The molecule has 1 atom stereocenters. The molecule has 1 fully saturated rings. The van der Waals surface area contributed by atoms with E-state index < -0.39 is 15.9 Å². The number of carbonyl (C=O) groups excluding carboxylic acids is 2. The molecule has 1 saturated heterocycles. The maximum Gasteiger partial charge on any atom is 0.281 e. The van der Waals surface area contributed by atoms with Crippen LogP contribution in [0.2, 0.25) is 0 Å². The second-order valence-electron chi connectivity index (χ2n) is 9.30. The van der Waals surface area contributed by atoms with E-state index in [0.29, 0.717) is 29.6 Å². The number of ether oxygens (including phenoxy) is 1. The van der Waals surface area contributed by atoms with Crippen molar-refractivity contribution in [3.63, 3.8) is 0 Å². The van der Waals surface area contributed by atoms with Crippen LogP contribution in [0.15, 0.2) is 65.8 Å². The number of hydrogen-bond donors (Lipinski definition) is 1. The van der Waals surface area contributed by atoms with E-state index in [-0.39, 0.29) is 27.8 Å². The number of benzene rings is 1. The molecule has 0 aliphatic carbocycles. The van der Waals surface area contributed by atoms with Gasteiger partial charge in [0.15, 0.2) is 10.8 Å². The van der Waals surface area contributed by atoms with Gasteiger partial charge in [0.2, 0.25) is 5.88 Å². The van der Waals surface area contributed by atoms with Gasteiger partial charge in [0.1, 0.15) is 11.6 Å². The molecule has 1 aromatic carbocycles. The molecule has 188 valence electrons. The Hall–Kier alpha value is -3.79. The number of nitrogens with one attached hydrogen (secondary N) is 1. The zero-order valence-corrected chi connectivity index (χ0v) is 21.4. The van der Waals surface area contributed by atoms with Crippen LogP contribution in [0.4, 0.5) is 5.82 Å². The lowest BCUT2D eigenvalue weighted by Gasteiger charge is -2.36. The van der Waals surface area contributed by atoms with Crippen LogP contribution in [-0.2, 0) is 10.0 Å². The Labute approximate surface area is 210 Å². The lowest BCUT2D eigenvalue weighted by atomic mass is 9.90. The normalized spacial score (nSPS) is 17.0. The fourth-order valence-corrected chi connectivity index (χ4v) is 5.06. The third-order valence-electron chi connectivity index (χ3n) is 6.64. The van der Waals surface area contributed by atoms with Crippen LogP contribution in [0.1, 0.15) is 54.8 Å². The second kappa shape index (κ2) is 9.69. The molecule has 0 saturated carbocycles. The molecule has 0 spiro atoms. The summed E-state index contributed by atoms with van der Waals surface area (Å²) in [4.78, 5) is 35.3. The molecule has 1 aliphatic heterocycles. The van der Waals surface area contributed by atoms with E-state index in [1.165, 1.54) is 31.2 Å². The highest BCUT2D eigenvalue weighted by Gasteiger charge is 2.40. The standard InChI is InChI=1S/C26H28N4O5S/c1-17-13-15-30(26(17,3)4)24-21(10-7-14-27-24)25(32)29-36(33,34)23-12-6-11-22(28-23)35-20-9-5-8-19(16-20)18(2)31/h5-12,14,16-17H,13,15H2,1-4H3,(H,29,32). The smallest absolute Gasteiger partial charge is 0.281 e. The zero-order chi connectivity index (χ0) is 26.1. The molecule has 1 amide bonds. The number of sulfonamides is 1. The van der Waals surface area contributed by atoms with Gasteiger partial charge >= 0.3 is 0 Å². The van der Waals surface area contributed by atoms with E-state index >= 15 is 0 Å². The monoisotopic (exact) mass is 508 g/mol. The summed E-state index contributed by atoms with van der Waals surface area (Å²) in [6.07, 6.45) is 2.53. The van der Waals surface area contributed by atoms with E-state index in [0.717, 1.165) is 6.42 Å². The number of rotatable bonds is 7. The van der Waals surface area contributed by atoms with Crippen LogP contribution in [0, 0.1) is 5.92 Å². The predicted molar refractivity (Wildman–Crippen MR) is 135 cm³/mol. The van der Waals surface area contributed by atoms with Crippen LogP contribution in [0.5, 0.6) is 11.6 Å². The molecule has 3 aromatic rings. The van der Waals surface area contributed by atoms with Gasteiger partial charge in [-0.3, -0.25) is 9.59 Å². The van der Waals surface area contributed by atoms with Crippen LogP contribution in [-0.4, -0.2) is 42.2 Å². The zero-order valence-electron chi connectivity index (χ0n) is 20.6. The van der Waals surface area contributed by atoms with Gasteiger partial charge in [0.05, 0.1) is 5.56 Å². The SMILES string of the molecule is CC(=O)c1cccc(Oc2cccc(S(=O)(=O)NC(=O)c3cccnc3N3CCC(C)C3(C)C)n2)c1. The van der Waals surface area contributed by atoms with Gasteiger partial charge < -0.3 is 9.64 Å². The Bertz CT molecular complexity index is 1420. The number of nitrogens with zero attached hydrogens (tertiary/aromatic N) is 3. The summed E-state index contributed by atoms with van der Waals surface area (Å²) in [6, 6.07) is 13.8. The molecule has 3 heterocycles. The van der Waals surface area contributed by atoms with Crippen molar-refractivity contribution in [3.8, 4) is 11.6 Å². The number of Topliss-reactive ketones (excluding diaryl/α,β-unsaturated/α-hetero) is 1. The van der Waals surface area contributed by atoms with Gasteiger partial charge in [-0.1, -0.05) is 25.1 Å². The highest BCUT2D eigenvalue weighted by Crippen LogP contribution is 2.38. The van der Waals surface area contributed by atoms with Crippen LogP contribution < -0.4 is 14.4 Å². The largest absolute Gasteiger partial charge is 0.439 e. The van der Waals surface area contributed by atoms with E-state index in [1.54, 1.807) is 36.5 Å². The fourth-order valence-electron chi connectivity index (χ4n) is 4.13. The molecule has 0 radical (unpaired) electrons. The lowest BCUT2D eigenvalue weighted by molar-refractivity contribution is 0.0979. The van der Waals surface area contributed by atoms with Gasteiger partial charge in [-0.05, 0) is 63.4 Å². The van der Waals surface area contributed by atoms with Gasteiger partial charge in [-0.15, -0.1) is 0 Å². The van der Waals surface area contributed by atoms with Crippen molar-refractivity contribution in [2.75, 3.05) is 11.4 Å². The topological polar surface area (TPSA) is 119 Å². The summed E-state index contributed by atoms with van der Waals surface area (Å²) in [7, 11) is -4.31. The minimum Gasteiger partial charge on any atom is -0.439 e. The molecule has 36 heavy (non-hydrogen) atoms. The molecular formula is C26H28N4O5S. The van der Waals surface area contributed by atoms with Crippen molar-refractivity contribution < 1.29 is 22.7 Å². The maximum absolute atomic E-state index is 13.1. The van der Waals surface area contributed by atoms with Crippen molar-refractivity contribution in [3.05, 3.63) is 71.9 Å². The minimum atomic E-state index is -4.31. The summed E-state index contributed by atoms with van der Waals surface area (Å²) in [5, 5.41) is -0.378. The van der Waals surface area contributed by atoms with E-state index in [2.05, 4.69) is 35.5 Å². The number of hydrogen-bond acceptors (Lipinski definition) is 8. The van der Waals surface area contributed by atoms with E-state index in [4.69, 9.17) is 4.74 Å². The first-order chi connectivity index (χ1) is 17.0. The first-order valence-electron chi connectivity index (χ1n) is 11.5. The van der Waals surface area contributed by atoms with Crippen molar-refractivity contribution >= 4 is 27.5 Å². The quantitative estimate of drug-likeness (QED) is 0.472. The van der Waals surface area contributed by atoms with Gasteiger partial charge in [0, 0.05) is 29.9 Å². The van der Waals surface area contributed by atoms with Crippen LogP contribution in [0.25, 0.3) is 0 Å². The maximum atomic E-state index is 13.1. The number of anilines is 1. The Kier molecular flexibility index (Phi) is 6.81. The minimum absolute atomic E-state index is 0.000830. The van der Waals surface area contributed by atoms with Crippen molar-refractivity contribution in [1.29, 1.82) is 0 Å².